The highest BCUT2D eigenvalue weighted by atomic mass is 32.2. The third-order valence-electron chi connectivity index (χ3n) is 3.83. The first-order valence-corrected chi connectivity index (χ1v) is 9.52. The summed E-state index contributed by atoms with van der Waals surface area (Å²) in [5, 5.41) is 11.1. The summed E-state index contributed by atoms with van der Waals surface area (Å²) in [4.78, 5) is 23.1. The second-order valence-electron chi connectivity index (χ2n) is 5.54. The minimum atomic E-state index is -4.07. The number of furan rings is 1. The maximum Gasteiger partial charge on any atom is 0.371 e. The van der Waals surface area contributed by atoms with Gasteiger partial charge in [0.05, 0.1) is 0 Å². The SMILES string of the molecule is CCOCCCNC(=O)C1CCCN1S(=O)(=O)c1ccc(C(=O)O)o1. The zero-order chi connectivity index (χ0) is 18.4. The van der Waals surface area contributed by atoms with E-state index >= 15 is 0 Å². The van der Waals surface area contributed by atoms with E-state index in [2.05, 4.69) is 5.32 Å². The van der Waals surface area contributed by atoms with Crippen molar-refractivity contribution in [2.45, 2.75) is 37.3 Å². The molecule has 140 valence electrons. The van der Waals surface area contributed by atoms with Gasteiger partial charge in [0.1, 0.15) is 6.04 Å². The number of nitrogens with one attached hydrogen (secondary N) is 1. The second-order valence-corrected chi connectivity index (χ2v) is 7.36. The van der Waals surface area contributed by atoms with Crippen molar-refractivity contribution < 1.29 is 32.3 Å². The lowest BCUT2D eigenvalue weighted by molar-refractivity contribution is -0.124. The minimum absolute atomic E-state index is 0.183. The lowest BCUT2D eigenvalue weighted by atomic mass is 10.2. The summed E-state index contributed by atoms with van der Waals surface area (Å²) in [5.41, 5.74) is 0. The van der Waals surface area contributed by atoms with Crippen LogP contribution in [-0.2, 0) is 19.6 Å². The molecular weight excluding hydrogens is 352 g/mol. The van der Waals surface area contributed by atoms with E-state index in [1.165, 1.54) is 0 Å². The van der Waals surface area contributed by atoms with Crippen molar-refractivity contribution in [1.82, 2.24) is 9.62 Å². The number of hydrogen-bond donors (Lipinski definition) is 2. The smallest absolute Gasteiger partial charge is 0.371 e. The molecule has 1 atom stereocenters. The van der Waals surface area contributed by atoms with Crippen molar-refractivity contribution in [3.8, 4) is 0 Å². The summed E-state index contributed by atoms with van der Waals surface area (Å²) < 4.78 is 36.4. The Hall–Kier alpha value is -1.91. The van der Waals surface area contributed by atoms with Crippen molar-refractivity contribution in [2.75, 3.05) is 26.3 Å². The molecule has 0 aliphatic carbocycles. The number of amides is 1. The molecule has 1 aromatic heterocycles. The van der Waals surface area contributed by atoms with Gasteiger partial charge in [-0.2, -0.15) is 4.31 Å². The summed E-state index contributed by atoms with van der Waals surface area (Å²) in [5.74, 6) is -2.19. The molecule has 1 aromatic rings. The molecule has 2 N–H and O–H groups in total. The Balaban J connectivity index is 2.03. The van der Waals surface area contributed by atoms with Gasteiger partial charge >= 0.3 is 5.97 Å². The molecule has 1 unspecified atom stereocenters. The molecule has 2 heterocycles. The van der Waals surface area contributed by atoms with Crippen LogP contribution >= 0.6 is 0 Å². The Kier molecular flexibility index (Phi) is 6.57. The van der Waals surface area contributed by atoms with Crippen molar-refractivity contribution in [1.29, 1.82) is 0 Å². The molecule has 0 aromatic carbocycles. The molecular formula is C15H22N2O7S. The monoisotopic (exact) mass is 374 g/mol. The molecule has 0 bridgehead atoms. The lowest BCUT2D eigenvalue weighted by Gasteiger charge is -2.22. The quantitative estimate of drug-likeness (QED) is 0.608. The first-order valence-electron chi connectivity index (χ1n) is 8.08. The summed E-state index contributed by atoms with van der Waals surface area (Å²) in [6.07, 6.45) is 1.59. The Morgan fingerprint density at radius 2 is 2.20 bits per heavy atom. The predicted molar refractivity (Wildman–Crippen MR) is 86.7 cm³/mol. The Bertz CT molecular complexity index is 713. The molecule has 2 rings (SSSR count). The average Bonchev–Trinajstić information content (AvgIpc) is 3.24. The highest BCUT2D eigenvalue weighted by Gasteiger charge is 2.41. The Morgan fingerprint density at radius 3 is 2.84 bits per heavy atom. The second kappa shape index (κ2) is 8.45. The van der Waals surface area contributed by atoms with Crippen LogP contribution in [0.2, 0.25) is 0 Å². The lowest BCUT2D eigenvalue weighted by Crippen LogP contribution is -2.46. The van der Waals surface area contributed by atoms with Gasteiger partial charge in [0, 0.05) is 26.3 Å². The summed E-state index contributed by atoms with van der Waals surface area (Å²) >= 11 is 0. The molecule has 10 heteroatoms. The maximum absolute atomic E-state index is 12.6. The summed E-state index contributed by atoms with van der Waals surface area (Å²) in [6.45, 7) is 3.58. The number of nitrogens with zero attached hydrogens (tertiary/aromatic N) is 1. The molecule has 0 radical (unpaired) electrons. The number of aromatic carboxylic acids is 1. The van der Waals surface area contributed by atoms with Crippen LogP contribution in [0.5, 0.6) is 0 Å². The molecule has 1 aliphatic heterocycles. The van der Waals surface area contributed by atoms with Crippen LogP contribution in [0.25, 0.3) is 0 Å². The van der Waals surface area contributed by atoms with Gasteiger partial charge in [-0.3, -0.25) is 4.79 Å². The van der Waals surface area contributed by atoms with Crippen molar-refractivity contribution >= 4 is 21.9 Å². The van der Waals surface area contributed by atoms with Crippen LogP contribution < -0.4 is 5.32 Å². The highest BCUT2D eigenvalue weighted by molar-refractivity contribution is 7.89. The van der Waals surface area contributed by atoms with Crippen LogP contribution in [0, 0.1) is 0 Å². The molecule has 1 aliphatic rings. The molecule has 0 saturated carbocycles. The first-order chi connectivity index (χ1) is 11.9. The minimum Gasteiger partial charge on any atom is -0.475 e. The molecule has 9 nitrogen and oxygen atoms in total. The van der Waals surface area contributed by atoms with Crippen molar-refractivity contribution in [3.63, 3.8) is 0 Å². The van der Waals surface area contributed by atoms with Crippen LogP contribution in [0.1, 0.15) is 36.7 Å². The van der Waals surface area contributed by atoms with Gasteiger partial charge in [0.15, 0.2) is 0 Å². The topological polar surface area (TPSA) is 126 Å². The van der Waals surface area contributed by atoms with E-state index in [-0.39, 0.29) is 12.5 Å². The molecule has 1 fully saturated rings. The third kappa shape index (κ3) is 4.59. The van der Waals surface area contributed by atoms with E-state index in [1.807, 2.05) is 6.92 Å². The number of ether oxygens (including phenoxy) is 1. The normalized spacial score (nSPS) is 18.4. The number of carbonyl (C=O) groups is 2. The summed E-state index contributed by atoms with van der Waals surface area (Å²) in [6, 6.07) is 1.35. The van der Waals surface area contributed by atoms with E-state index in [4.69, 9.17) is 14.3 Å². The van der Waals surface area contributed by atoms with Crippen LogP contribution in [0.3, 0.4) is 0 Å². The molecule has 0 spiro atoms. The molecule has 1 saturated heterocycles. The summed E-state index contributed by atoms with van der Waals surface area (Å²) in [7, 11) is -4.07. The van der Waals surface area contributed by atoms with Crippen LogP contribution in [-0.4, -0.2) is 62.1 Å². The zero-order valence-corrected chi connectivity index (χ0v) is 14.8. The van der Waals surface area contributed by atoms with Gasteiger partial charge in [-0.15, -0.1) is 0 Å². The maximum atomic E-state index is 12.6. The standard InChI is InChI=1S/C15H22N2O7S/c1-2-23-10-4-8-16-14(18)11-5-3-9-17(11)25(21,22)13-7-6-12(24-13)15(19)20/h6-7,11H,2-5,8-10H2,1H3,(H,16,18)(H,19,20). The van der Waals surface area contributed by atoms with Crippen LogP contribution in [0.4, 0.5) is 0 Å². The van der Waals surface area contributed by atoms with Crippen molar-refractivity contribution in [2.24, 2.45) is 0 Å². The number of sulfonamides is 1. The predicted octanol–water partition coefficient (Wildman–Crippen LogP) is 0.674. The van der Waals surface area contributed by atoms with Gasteiger partial charge in [0.25, 0.3) is 10.0 Å². The first kappa shape index (κ1) is 19.4. The van der Waals surface area contributed by atoms with E-state index in [9.17, 15) is 18.0 Å². The largest absolute Gasteiger partial charge is 0.475 e. The zero-order valence-electron chi connectivity index (χ0n) is 13.9. The number of hydrogen-bond acceptors (Lipinski definition) is 6. The number of carboxylic acids is 1. The van der Waals surface area contributed by atoms with E-state index in [1.54, 1.807) is 0 Å². The third-order valence-corrected chi connectivity index (χ3v) is 5.61. The Morgan fingerprint density at radius 1 is 1.44 bits per heavy atom. The fourth-order valence-electron chi connectivity index (χ4n) is 2.63. The van der Waals surface area contributed by atoms with Gasteiger partial charge in [0.2, 0.25) is 16.8 Å². The fourth-order valence-corrected chi connectivity index (χ4v) is 4.20. The number of rotatable bonds is 9. The van der Waals surface area contributed by atoms with E-state index in [0.717, 1.165) is 16.4 Å². The van der Waals surface area contributed by atoms with E-state index in [0.29, 0.717) is 39.0 Å². The van der Waals surface area contributed by atoms with E-state index < -0.39 is 32.9 Å². The van der Waals surface area contributed by atoms with Crippen molar-refractivity contribution in [3.05, 3.63) is 17.9 Å². The number of carbonyl (C=O) groups excluding carboxylic acids is 1. The fraction of sp³-hybridized carbons (Fsp3) is 0.600. The van der Waals surface area contributed by atoms with Gasteiger partial charge in [-0.1, -0.05) is 0 Å². The van der Waals surface area contributed by atoms with Gasteiger partial charge in [-0.25, -0.2) is 13.2 Å². The number of carboxylic acid groups (broad SMARTS) is 1. The van der Waals surface area contributed by atoms with Crippen LogP contribution in [0.15, 0.2) is 21.6 Å². The Labute approximate surface area is 146 Å². The highest BCUT2D eigenvalue weighted by Crippen LogP contribution is 2.27. The van der Waals surface area contributed by atoms with Gasteiger partial charge < -0.3 is 19.6 Å². The molecule has 25 heavy (non-hydrogen) atoms. The van der Waals surface area contributed by atoms with Gasteiger partial charge in [-0.05, 0) is 38.3 Å². The molecule has 1 amide bonds. The average molecular weight is 374 g/mol.